The van der Waals surface area contributed by atoms with E-state index in [1.54, 1.807) is 12.1 Å². The van der Waals surface area contributed by atoms with Gasteiger partial charge in [-0.05, 0) is 18.6 Å². The molecule has 0 spiro atoms. The second kappa shape index (κ2) is 7.65. The van der Waals surface area contributed by atoms with Gasteiger partial charge in [0.1, 0.15) is 11.6 Å². The number of carbonyl (C=O) groups is 1. The maximum atomic E-state index is 12.8. The Balaban J connectivity index is 2.17. The van der Waals surface area contributed by atoms with E-state index in [1.165, 1.54) is 12.1 Å². The molecule has 0 aromatic heterocycles. The molecule has 0 unspecified atom stereocenters. The zero-order chi connectivity index (χ0) is 12.5. The van der Waals surface area contributed by atoms with Gasteiger partial charge >= 0.3 is 5.97 Å². The number of rotatable bonds is 7. The summed E-state index contributed by atoms with van der Waals surface area (Å²) in [6.45, 7) is 2.69. The maximum Gasteiger partial charge on any atom is 0.309 e. The van der Waals surface area contributed by atoms with Gasteiger partial charge in [0.05, 0.1) is 19.6 Å². The summed E-state index contributed by atoms with van der Waals surface area (Å²) in [6.07, 6.45) is 2.05. The second-order valence-corrected chi connectivity index (χ2v) is 3.63. The van der Waals surface area contributed by atoms with Gasteiger partial charge in [0, 0.05) is 6.07 Å². The van der Waals surface area contributed by atoms with Crippen molar-refractivity contribution in [2.24, 2.45) is 0 Å². The molecule has 94 valence electrons. The first-order valence-electron chi connectivity index (χ1n) is 5.76. The van der Waals surface area contributed by atoms with Gasteiger partial charge in [0.25, 0.3) is 0 Å². The van der Waals surface area contributed by atoms with Crippen LogP contribution >= 0.6 is 0 Å². The highest BCUT2D eigenvalue weighted by Gasteiger charge is 2.03. The highest BCUT2D eigenvalue weighted by molar-refractivity contribution is 5.69. The Morgan fingerprint density at radius 3 is 2.88 bits per heavy atom. The van der Waals surface area contributed by atoms with Crippen molar-refractivity contribution in [1.29, 1.82) is 0 Å². The molecular formula is C13H17FO3. The van der Waals surface area contributed by atoms with Gasteiger partial charge in [-0.3, -0.25) is 4.79 Å². The molecule has 0 heterocycles. The number of carbonyl (C=O) groups excluding carboxylic acids is 1. The predicted octanol–water partition coefficient (Wildman–Crippen LogP) is 2.94. The first-order valence-corrected chi connectivity index (χ1v) is 5.76. The van der Waals surface area contributed by atoms with E-state index < -0.39 is 0 Å². The number of hydrogen-bond donors (Lipinski definition) is 0. The maximum absolute atomic E-state index is 12.8. The van der Waals surface area contributed by atoms with Crippen LogP contribution in [-0.4, -0.2) is 19.2 Å². The molecule has 0 fully saturated rings. The Bertz CT molecular complexity index is 352. The number of unbranched alkanes of at least 4 members (excludes halogenated alkanes) is 1. The summed E-state index contributed by atoms with van der Waals surface area (Å²) < 4.78 is 23.0. The fraction of sp³-hybridized carbons (Fsp3) is 0.462. The highest BCUT2D eigenvalue weighted by atomic mass is 19.1. The van der Waals surface area contributed by atoms with Crippen LogP contribution in [0.5, 0.6) is 5.75 Å². The molecule has 0 atom stereocenters. The van der Waals surface area contributed by atoms with E-state index in [-0.39, 0.29) is 24.8 Å². The van der Waals surface area contributed by atoms with Crippen LogP contribution in [0.15, 0.2) is 24.3 Å². The van der Waals surface area contributed by atoms with E-state index in [0.29, 0.717) is 12.4 Å². The van der Waals surface area contributed by atoms with Gasteiger partial charge in [-0.1, -0.05) is 19.4 Å². The molecule has 0 N–H and O–H groups in total. The topological polar surface area (TPSA) is 35.5 Å². The fourth-order valence-electron chi connectivity index (χ4n) is 1.21. The van der Waals surface area contributed by atoms with E-state index in [1.807, 2.05) is 6.92 Å². The van der Waals surface area contributed by atoms with Crippen LogP contribution in [0.25, 0.3) is 0 Å². The molecule has 17 heavy (non-hydrogen) atoms. The molecule has 0 amide bonds. The Labute approximate surface area is 101 Å². The van der Waals surface area contributed by atoms with Crippen molar-refractivity contribution < 1.29 is 18.7 Å². The standard InChI is InChI=1S/C13H17FO3/c1-2-3-8-17-13(15)7-9-16-12-6-4-5-11(14)10-12/h4-6,10H,2-3,7-9H2,1H3. The Morgan fingerprint density at radius 2 is 2.18 bits per heavy atom. The van der Waals surface area contributed by atoms with Gasteiger partial charge < -0.3 is 9.47 Å². The summed E-state index contributed by atoms with van der Waals surface area (Å²) in [5.41, 5.74) is 0. The van der Waals surface area contributed by atoms with Gasteiger partial charge in [0.15, 0.2) is 0 Å². The summed E-state index contributed by atoms with van der Waals surface area (Å²) in [7, 11) is 0. The van der Waals surface area contributed by atoms with Crippen molar-refractivity contribution in [3.8, 4) is 5.75 Å². The zero-order valence-corrected chi connectivity index (χ0v) is 9.95. The molecule has 4 heteroatoms. The van der Waals surface area contributed by atoms with Crippen molar-refractivity contribution in [3.05, 3.63) is 30.1 Å². The molecule has 1 aromatic rings. The van der Waals surface area contributed by atoms with E-state index in [9.17, 15) is 9.18 Å². The minimum Gasteiger partial charge on any atom is -0.493 e. The van der Waals surface area contributed by atoms with Crippen LogP contribution < -0.4 is 4.74 Å². The van der Waals surface area contributed by atoms with Crippen LogP contribution in [-0.2, 0) is 9.53 Å². The zero-order valence-electron chi connectivity index (χ0n) is 9.95. The summed E-state index contributed by atoms with van der Waals surface area (Å²) in [5, 5.41) is 0. The summed E-state index contributed by atoms with van der Waals surface area (Å²) in [4.78, 5) is 11.2. The molecule has 1 aromatic carbocycles. The third-order valence-corrected chi connectivity index (χ3v) is 2.13. The molecule has 0 aliphatic rings. The van der Waals surface area contributed by atoms with Crippen LogP contribution in [0, 0.1) is 5.82 Å². The highest BCUT2D eigenvalue weighted by Crippen LogP contribution is 2.12. The van der Waals surface area contributed by atoms with Crippen LogP contribution in [0.2, 0.25) is 0 Å². The average molecular weight is 240 g/mol. The summed E-state index contributed by atoms with van der Waals surface area (Å²) in [6, 6.07) is 5.82. The van der Waals surface area contributed by atoms with E-state index in [2.05, 4.69) is 0 Å². The van der Waals surface area contributed by atoms with Crippen LogP contribution in [0.3, 0.4) is 0 Å². The number of ether oxygens (including phenoxy) is 2. The normalized spacial score (nSPS) is 10.0. The molecular weight excluding hydrogens is 223 g/mol. The van der Waals surface area contributed by atoms with Crippen molar-refractivity contribution in [1.82, 2.24) is 0 Å². The van der Waals surface area contributed by atoms with Crippen molar-refractivity contribution in [2.75, 3.05) is 13.2 Å². The lowest BCUT2D eigenvalue weighted by atomic mass is 10.3. The van der Waals surface area contributed by atoms with Crippen molar-refractivity contribution >= 4 is 5.97 Å². The lowest BCUT2D eigenvalue weighted by Gasteiger charge is -2.06. The molecule has 0 saturated heterocycles. The predicted molar refractivity (Wildman–Crippen MR) is 62.4 cm³/mol. The molecule has 0 aliphatic heterocycles. The number of hydrogen-bond acceptors (Lipinski definition) is 3. The molecule has 1 rings (SSSR count). The number of halogens is 1. The van der Waals surface area contributed by atoms with Crippen LogP contribution in [0.4, 0.5) is 4.39 Å². The van der Waals surface area contributed by atoms with Crippen molar-refractivity contribution in [3.63, 3.8) is 0 Å². The lowest BCUT2D eigenvalue weighted by Crippen LogP contribution is -2.10. The summed E-state index contributed by atoms with van der Waals surface area (Å²) in [5.74, 6) is -0.214. The van der Waals surface area contributed by atoms with Gasteiger partial charge in [-0.15, -0.1) is 0 Å². The van der Waals surface area contributed by atoms with Gasteiger partial charge in [0.2, 0.25) is 0 Å². The Morgan fingerprint density at radius 1 is 1.35 bits per heavy atom. The van der Waals surface area contributed by atoms with Gasteiger partial charge in [-0.2, -0.15) is 0 Å². The first-order chi connectivity index (χ1) is 8.22. The first kappa shape index (κ1) is 13.5. The third-order valence-electron chi connectivity index (χ3n) is 2.13. The van der Waals surface area contributed by atoms with E-state index >= 15 is 0 Å². The second-order valence-electron chi connectivity index (χ2n) is 3.63. The smallest absolute Gasteiger partial charge is 0.309 e. The molecule has 0 saturated carbocycles. The fourth-order valence-corrected chi connectivity index (χ4v) is 1.21. The van der Waals surface area contributed by atoms with E-state index in [4.69, 9.17) is 9.47 Å². The van der Waals surface area contributed by atoms with Gasteiger partial charge in [-0.25, -0.2) is 4.39 Å². The third kappa shape index (κ3) is 5.90. The van der Waals surface area contributed by atoms with Crippen molar-refractivity contribution in [2.45, 2.75) is 26.2 Å². The van der Waals surface area contributed by atoms with Crippen LogP contribution in [0.1, 0.15) is 26.2 Å². The monoisotopic (exact) mass is 240 g/mol. The molecule has 0 aliphatic carbocycles. The summed E-state index contributed by atoms with van der Waals surface area (Å²) >= 11 is 0. The average Bonchev–Trinajstić information content (AvgIpc) is 2.29. The minimum absolute atomic E-state index is 0.181. The lowest BCUT2D eigenvalue weighted by molar-refractivity contribution is -0.144. The Kier molecular flexibility index (Phi) is 6.07. The molecule has 0 bridgehead atoms. The Hall–Kier alpha value is -1.58. The minimum atomic E-state index is -0.354. The van der Waals surface area contributed by atoms with E-state index in [0.717, 1.165) is 12.8 Å². The molecule has 3 nitrogen and oxygen atoms in total. The quantitative estimate of drug-likeness (QED) is 0.543. The number of benzene rings is 1. The largest absolute Gasteiger partial charge is 0.493 e. The molecule has 0 radical (unpaired) electrons. The SMILES string of the molecule is CCCCOC(=O)CCOc1cccc(F)c1. The number of esters is 1.